The molecule has 0 spiro atoms. The highest BCUT2D eigenvalue weighted by atomic mass is 127. The Kier molecular flexibility index (Phi) is 4.28. The minimum absolute atomic E-state index is 0.297. The van der Waals surface area contributed by atoms with Gasteiger partial charge in [0.25, 0.3) is 0 Å². The van der Waals surface area contributed by atoms with E-state index in [1.54, 1.807) is 0 Å². The number of phenolic OH excluding ortho intramolecular Hbond substituents is 1. The Labute approximate surface area is 122 Å². The lowest BCUT2D eigenvalue weighted by Gasteiger charge is -2.10. The van der Waals surface area contributed by atoms with E-state index in [0.717, 1.165) is 15.7 Å². The van der Waals surface area contributed by atoms with Gasteiger partial charge in [-0.15, -0.1) is 0 Å². The highest BCUT2D eigenvalue weighted by Gasteiger charge is 2.05. The van der Waals surface area contributed by atoms with Crippen molar-refractivity contribution in [2.75, 3.05) is 5.32 Å². The zero-order chi connectivity index (χ0) is 12.3. The first-order valence-corrected chi connectivity index (χ1v) is 7.00. The van der Waals surface area contributed by atoms with Crippen molar-refractivity contribution in [3.8, 4) is 5.75 Å². The first-order valence-electron chi connectivity index (χ1n) is 5.13. The van der Waals surface area contributed by atoms with E-state index in [-0.39, 0.29) is 0 Å². The maximum absolute atomic E-state index is 9.86. The molecule has 0 bridgehead atoms. The van der Waals surface area contributed by atoms with Gasteiger partial charge < -0.3 is 10.4 Å². The van der Waals surface area contributed by atoms with Crippen molar-refractivity contribution < 1.29 is 5.11 Å². The number of rotatable bonds is 3. The predicted molar refractivity (Wildman–Crippen MR) is 82.3 cm³/mol. The lowest BCUT2D eigenvalue weighted by Crippen LogP contribution is -2.01. The molecule has 4 heteroatoms. The van der Waals surface area contributed by atoms with Crippen LogP contribution in [0.5, 0.6) is 5.75 Å². The van der Waals surface area contributed by atoms with Crippen LogP contribution in [0.25, 0.3) is 0 Å². The molecular formula is C13H11BrINO. The van der Waals surface area contributed by atoms with E-state index in [9.17, 15) is 5.11 Å². The third-order valence-electron chi connectivity index (χ3n) is 2.41. The summed E-state index contributed by atoms with van der Waals surface area (Å²) in [6.07, 6.45) is 0. The molecule has 0 aliphatic heterocycles. The molecule has 0 atom stereocenters. The highest BCUT2D eigenvalue weighted by Crippen LogP contribution is 2.28. The monoisotopic (exact) mass is 403 g/mol. The van der Waals surface area contributed by atoms with E-state index in [0.29, 0.717) is 12.3 Å². The molecule has 2 N–H and O–H groups in total. The van der Waals surface area contributed by atoms with Crippen molar-refractivity contribution >= 4 is 44.2 Å². The average molecular weight is 404 g/mol. The molecule has 0 aromatic heterocycles. The van der Waals surface area contributed by atoms with Crippen LogP contribution in [0.2, 0.25) is 0 Å². The predicted octanol–water partition coefficient (Wildman–Crippen LogP) is 4.37. The number of phenols is 1. The summed E-state index contributed by atoms with van der Waals surface area (Å²) in [5, 5.41) is 13.2. The molecule has 0 amide bonds. The minimum Gasteiger partial charge on any atom is -0.506 e. The van der Waals surface area contributed by atoms with Crippen molar-refractivity contribution in [2.24, 2.45) is 0 Å². The largest absolute Gasteiger partial charge is 0.506 e. The van der Waals surface area contributed by atoms with Gasteiger partial charge in [0.2, 0.25) is 0 Å². The number of benzene rings is 2. The fourth-order valence-electron chi connectivity index (χ4n) is 1.50. The topological polar surface area (TPSA) is 32.3 Å². The molecule has 88 valence electrons. The van der Waals surface area contributed by atoms with Gasteiger partial charge in [-0.25, -0.2) is 0 Å². The Hall–Kier alpha value is -0.750. The smallest absolute Gasteiger partial charge is 0.134 e. The van der Waals surface area contributed by atoms with Crippen molar-refractivity contribution in [3.63, 3.8) is 0 Å². The molecule has 0 aliphatic rings. The molecule has 0 radical (unpaired) electrons. The molecule has 2 aromatic rings. The number of nitrogens with one attached hydrogen (secondary N) is 1. The molecule has 17 heavy (non-hydrogen) atoms. The lowest BCUT2D eigenvalue weighted by molar-refractivity contribution is 0.465. The van der Waals surface area contributed by atoms with Crippen LogP contribution in [0.4, 0.5) is 5.69 Å². The number of hydrogen-bond donors (Lipinski definition) is 2. The summed E-state index contributed by atoms with van der Waals surface area (Å²) >= 11 is 5.59. The summed E-state index contributed by atoms with van der Waals surface area (Å²) in [7, 11) is 0. The van der Waals surface area contributed by atoms with Crippen molar-refractivity contribution in [1.82, 2.24) is 0 Å². The van der Waals surface area contributed by atoms with E-state index in [1.807, 2.05) is 42.5 Å². The minimum atomic E-state index is 0.297. The van der Waals surface area contributed by atoms with Crippen LogP contribution >= 0.6 is 38.5 Å². The zero-order valence-corrected chi connectivity index (χ0v) is 12.7. The molecule has 0 heterocycles. The molecule has 0 aliphatic carbocycles. The second kappa shape index (κ2) is 5.73. The normalized spacial score (nSPS) is 10.2. The summed E-state index contributed by atoms with van der Waals surface area (Å²) in [4.78, 5) is 0. The van der Waals surface area contributed by atoms with Crippen LogP contribution in [-0.2, 0) is 6.54 Å². The molecule has 0 saturated carbocycles. The van der Waals surface area contributed by atoms with Crippen LogP contribution in [-0.4, -0.2) is 5.11 Å². The third-order valence-corrected chi connectivity index (χ3v) is 3.99. The number of halogens is 2. The fourth-order valence-corrected chi connectivity index (χ4v) is 2.48. The van der Waals surface area contributed by atoms with Gasteiger partial charge in [0.15, 0.2) is 0 Å². The zero-order valence-electron chi connectivity index (χ0n) is 8.95. The van der Waals surface area contributed by atoms with Crippen LogP contribution in [0.3, 0.4) is 0 Å². The Balaban J connectivity index is 2.13. The van der Waals surface area contributed by atoms with Gasteiger partial charge in [-0.3, -0.25) is 0 Å². The summed E-state index contributed by atoms with van der Waals surface area (Å²) in [6.45, 7) is 0.602. The van der Waals surface area contributed by atoms with E-state index >= 15 is 0 Å². The van der Waals surface area contributed by atoms with E-state index in [4.69, 9.17) is 0 Å². The summed E-state index contributed by atoms with van der Waals surface area (Å²) in [5.41, 5.74) is 1.95. The van der Waals surface area contributed by atoms with Crippen LogP contribution in [0, 0.1) is 3.57 Å². The molecule has 0 unspecified atom stereocenters. The van der Waals surface area contributed by atoms with Gasteiger partial charge in [0.05, 0.1) is 4.47 Å². The van der Waals surface area contributed by atoms with E-state index in [1.165, 1.54) is 3.57 Å². The summed E-state index contributed by atoms with van der Waals surface area (Å²) in [5.74, 6) is 0.297. The number of anilines is 1. The Morgan fingerprint density at radius 3 is 2.65 bits per heavy atom. The average Bonchev–Trinajstić information content (AvgIpc) is 2.33. The van der Waals surface area contributed by atoms with E-state index in [2.05, 4.69) is 43.8 Å². The van der Waals surface area contributed by atoms with Gasteiger partial charge in [0, 0.05) is 21.4 Å². The fraction of sp³-hybridized carbons (Fsp3) is 0.0769. The second-order valence-electron chi connectivity index (χ2n) is 3.58. The van der Waals surface area contributed by atoms with Crippen molar-refractivity contribution in [1.29, 1.82) is 0 Å². The summed E-state index contributed by atoms with van der Waals surface area (Å²) in [6, 6.07) is 13.7. The van der Waals surface area contributed by atoms with Gasteiger partial charge in [-0.05, 0) is 56.7 Å². The standard InChI is InChI=1S/C13H11BrINO/c14-10-5-3-4-9(13(10)17)8-16-12-7-2-1-6-11(12)15/h1-7,16-17H,8H2. The molecule has 2 nitrogen and oxygen atoms in total. The van der Waals surface area contributed by atoms with E-state index < -0.39 is 0 Å². The Morgan fingerprint density at radius 2 is 1.88 bits per heavy atom. The number of para-hydroxylation sites is 2. The van der Waals surface area contributed by atoms with Gasteiger partial charge in [-0.1, -0.05) is 24.3 Å². The van der Waals surface area contributed by atoms with Gasteiger partial charge >= 0.3 is 0 Å². The quantitative estimate of drug-likeness (QED) is 0.745. The van der Waals surface area contributed by atoms with Crippen LogP contribution < -0.4 is 5.32 Å². The first kappa shape index (κ1) is 12.7. The van der Waals surface area contributed by atoms with Crippen LogP contribution in [0.15, 0.2) is 46.9 Å². The lowest BCUT2D eigenvalue weighted by atomic mass is 10.2. The van der Waals surface area contributed by atoms with Crippen molar-refractivity contribution in [2.45, 2.75) is 6.54 Å². The molecular weight excluding hydrogens is 393 g/mol. The Morgan fingerprint density at radius 1 is 1.12 bits per heavy atom. The first-order chi connectivity index (χ1) is 8.18. The maximum Gasteiger partial charge on any atom is 0.134 e. The maximum atomic E-state index is 9.86. The molecule has 0 fully saturated rings. The van der Waals surface area contributed by atoms with Gasteiger partial charge in [0.1, 0.15) is 5.75 Å². The number of aromatic hydroxyl groups is 1. The molecule has 0 saturated heterocycles. The second-order valence-corrected chi connectivity index (χ2v) is 5.60. The third kappa shape index (κ3) is 3.13. The SMILES string of the molecule is Oc1c(Br)cccc1CNc1ccccc1I. The Bertz CT molecular complexity index is 531. The molecule has 2 aromatic carbocycles. The highest BCUT2D eigenvalue weighted by molar-refractivity contribution is 14.1. The number of hydrogen-bond acceptors (Lipinski definition) is 2. The van der Waals surface area contributed by atoms with Crippen molar-refractivity contribution in [3.05, 3.63) is 56.1 Å². The summed E-state index contributed by atoms with van der Waals surface area (Å²) < 4.78 is 1.89. The molecule has 2 rings (SSSR count). The van der Waals surface area contributed by atoms with Gasteiger partial charge in [-0.2, -0.15) is 0 Å². The van der Waals surface area contributed by atoms with Crippen LogP contribution in [0.1, 0.15) is 5.56 Å².